The van der Waals surface area contributed by atoms with Crippen LogP contribution in [-0.2, 0) is 30.3 Å². The Morgan fingerprint density at radius 3 is 2.35 bits per heavy atom. The number of amides is 1. The molecular formula is C23H24N2O9. The molecule has 3 aliphatic rings. The van der Waals surface area contributed by atoms with E-state index in [1.165, 1.54) is 31.1 Å². The SMILES string of the molecule is COC(=O)c1ccc2c(c1O)C(=O)C1C(=O)[C@]3(O)C(=O)C(C(N)=O)C(=O)[C@@H](N(C)C)[C@@H]3C[C@@H]1C2. The van der Waals surface area contributed by atoms with Gasteiger partial charge in [0.15, 0.2) is 34.7 Å². The highest BCUT2D eigenvalue weighted by Gasteiger charge is 2.69. The molecule has 34 heavy (non-hydrogen) atoms. The topological polar surface area (TPSA) is 181 Å². The average Bonchev–Trinajstić information content (AvgIpc) is 2.75. The number of nitrogens with zero attached hydrogens (tertiary/aromatic N) is 1. The fourth-order valence-corrected chi connectivity index (χ4v) is 5.86. The fraction of sp³-hybridized carbons (Fsp3) is 0.478. The predicted molar refractivity (Wildman–Crippen MR) is 113 cm³/mol. The first-order valence-corrected chi connectivity index (χ1v) is 10.7. The molecule has 6 atom stereocenters. The minimum absolute atomic E-state index is 0.0383. The molecule has 0 aromatic heterocycles. The van der Waals surface area contributed by atoms with Crippen molar-refractivity contribution in [3.63, 3.8) is 0 Å². The van der Waals surface area contributed by atoms with Crippen LogP contribution >= 0.6 is 0 Å². The van der Waals surface area contributed by atoms with Crippen molar-refractivity contribution in [1.82, 2.24) is 4.90 Å². The third kappa shape index (κ3) is 2.96. The third-order valence-electron chi connectivity index (χ3n) is 7.34. The molecule has 180 valence electrons. The number of phenols is 1. The van der Waals surface area contributed by atoms with E-state index in [1.807, 2.05) is 0 Å². The number of carbonyl (C=O) groups is 6. The Kier molecular flexibility index (Phi) is 5.45. The number of benzene rings is 1. The Labute approximate surface area is 193 Å². The molecule has 0 heterocycles. The number of ketones is 4. The van der Waals surface area contributed by atoms with Crippen LogP contribution in [0, 0.1) is 23.7 Å². The molecule has 2 unspecified atom stereocenters. The van der Waals surface area contributed by atoms with E-state index < -0.39 is 76.1 Å². The zero-order chi connectivity index (χ0) is 25.3. The van der Waals surface area contributed by atoms with Crippen molar-refractivity contribution >= 4 is 35.0 Å². The molecule has 11 nitrogen and oxygen atoms in total. The van der Waals surface area contributed by atoms with Gasteiger partial charge in [-0.25, -0.2) is 4.79 Å². The van der Waals surface area contributed by atoms with Gasteiger partial charge in [-0.2, -0.15) is 0 Å². The van der Waals surface area contributed by atoms with Gasteiger partial charge in [0.05, 0.1) is 24.6 Å². The number of phenolic OH excluding ortho intramolecular Hbond substituents is 1. The summed E-state index contributed by atoms with van der Waals surface area (Å²) in [4.78, 5) is 78.5. The number of nitrogens with two attached hydrogens (primary N) is 1. The van der Waals surface area contributed by atoms with Gasteiger partial charge in [-0.05, 0) is 44.5 Å². The first-order valence-electron chi connectivity index (χ1n) is 10.7. The molecule has 0 spiro atoms. The Balaban J connectivity index is 1.86. The maximum absolute atomic E-state index is 13.6. The third-order valence-corrected chi connectivity index (χ3v) is 7.34. The van der Waals surface area contributed by atoms with Crippen LogP contribution in [0.4, 0.5) is 0 Å². The zero-order valence-electron chi connectivity index (χ0n) is 18.7. The predicted octanol–water partition coefficient (Wildman–Crippen LogP) is -1.35. The van der Waals surface area contributed by atoms with Crippen molar-refractivity contribution in [3.05, 3.63) is 28.8 Å². The zero-order valence-corrected chi connectivity index (χ0v) is 18.7. The molecule has 3 aliphatic carbocycles. The summed E-state index contributed by atoms with van der Waals surface area (Å²) in [5, 5.41) is 22.1. The number of ether oxygens (including phenoxy) is 1. The summed E-state index contributed by atoms with van der Waals surface area (Å²) in [6, 6.07) is 1.63. The minimum Gasteiger partial charge on any atom is -0.506 e. The van der Waals surface area contributed by atoms with Gasteiger partial charge < -0.3 is 20.7 Å². The normalized spacial score (nSPS) is 32.7. The molecule has 4 rings (SSSR count). The highest BCUT2D eigenvalue weighted by molar-refractivity contribution is 6.32. The number of carbonyl (C=O) groups excluding carboxylic acids is 6. The van der Waals surface area contributed by atoms with E-state index >= 15 is 0 Å². The van der Waals surface area contributed by atoms with Gasteiger partial charge in [0.25, 0.3) is 0 Å². The number of likely N-dealkylation sites (N-methyl/N-ethyl adjacent to an activating group) is 1. The molecule has 2 fully saturated rings. The lowest BCUT2D eigenvalue weighted by Gasteiger charge is -2.52. The van der Waals surface area contributed by atoms with Gasteiger partial charge in [0.2, 0.25) is 5.91 Å². The second-order valence-electron chi connectivity index (χ2n) is 9.28. The van der Waals surface area contributed by atoms with Gasteiger partial charge in [0, 0.05) is 5.92 Å². The van der Waals surface area contributed by atoms with Gasteiger partial charge in [-0.3, -0.25) is 28.9 Å². The first-order chi connectivity index (χ1) is 15.9. The second kappa shape index (κ2) is 7.81. The molecular weight excluding hydrogens is 448 g/mol. The highest BCUT2D eigenvalue weighted by Crippen LogP contribution is 2.50. The number of Topliss-reactive ketones (excluding diaryl/α,β-unsaturated/α-hetero) is 4. The van der Waals surface area contributed by atoms with E-state index in [0.29, 0.717) is 5.56 Å². The molecule has 1 amide bonds. The van der Waals surface area contributed by atoms with Crippen LogP contribution in [0.3, 0.4) is 0 Å². The Bertz CT molecular complexity index is 1170. The van der Waals surface area contributed by atoms with E-state index in [4.69, 9.17) is 5.73 Å². The van der Waals surface area contributed by atoms with Crippen molar-refractivity contribution in [2.75, 3.05) is 21.2 Å². The van der Waals surface area contributed by atoms with Gasteiger partial charge >= 0.3 is 5.97 Å². The summed E-state index contributed by atoms with van der Waals surface area (Å²) in [5.41, 5.74) is 2.35. The number of methoxy groups -OCH3 is 1. The van der Waals surface area contributed by atoms with Gasteiger partial charge in [-0.15, -0.1) is 0 Å². The molecule has 1 aromatic rings. The second-order valence-corrected chi connectivity index (χ2v) is 9.28. The van der Waals surface area contributed by atoms with Crippen LogP contribution in [-0.4, -0.2) is 83.0 Å². The number of rotatable bonds is 3. The molecule has 0 aliphatic heterocycles. The first kappa shape index (κ1) is 23.7. The maximum Gasteiger partial charge on any atom is 0.341 e. The summed E-state index contributed by atoms with van der Waals surface area (Å²) < 4.78 is 4.61. The number of fused-ring (bicyclic) bond motifs is 3. The number of hydrogen-bond acceptors (Lipinski definition) is 10. The van der Waals surface area contributed by atoms with E-state index in [-0.39, 0.29) is 24.0 Å². The van der Waals surface area contributed by atoms with Crippen molar-refractivity contribution in [3.8, 4) is 5.75 Å². The lowest BCUT2D eigenvalue weighted by molar-refractivity contribution is -0.181. The van der Waals surface area contributed by atoms with Crippen LogP contribution in [0.25, 0.3) is 0 Å². The molecule has 0 saturated heterocycles. The molecule has 0 bridgehead atoms. The highest BCUT2D eigenvalue weighted by atomic mass is 16.5. The van der Waals surface area contributed by atoms with Gasteiger partial charge in [-0.1, -0.05) is 6.07 Å². The van der Waals surface area contributed by atoms with Crippen molar-refractivity contribution in [2.24, 2.45) is 29.4 Å². The Morgan fingerprint density at radius 2 is 1.79 bits per heavy atom. The molecule has 4 N–H and O–H groups in total. The summed E-state index contributed by atoms with van der Waals surface area (Å²) in [6.45, 7) is 0. The minimum atomic E-state index is -2.79. The lowest BCUT2D eigenvalue weighted by Crippen LogP contribution is -2.74. The quantitative estimate of drug-likeness (QED) is 0.351. The van der Waals surface area contributed by atoms with Crippen LogP contribution in [0.2, 0.25) is 0 Å². The fourth-order valence-electron chi connectivity index (χ4n) is 5.86. The van der Waals surface area contributed by atoms with E-state index in [9.17, 15) is 39.0 Å². The molecule has 2 saturated carbocycles. The summed E-state index contributed by atoms with van der Waals surface area (Å²) in [6.07, 6.45) is 0.0876. The van der Waals surface area contributed by atoms with Gasteiger partial charge in [0.1, 0.15) is 11.3 Å². The van der Waals surface area contributed by atoms with Crippen LogP contribution < -0.4 is 5.73 Å². The van der Waals surface area contributed by atoms with E-state index in [2.05, 4.69) is 4.74 Å². The van der Waals surface area contributed by atoms with Crippen LogP contribution in [0.15, 0.2) is 12.1 Å². The summed E-state index contributed by atoms with van der Waals surface area (Å²) >= 11 is 0. The van der Waals surface area contributed by atoms with Crippen molar-refractivity contribution < 1.29 is 43.7 Å². The van der Waals surface area contributed by atoms with Crippen molar-refractivity contribution in [1.29, 1.82) is 0 Å². The van der Waals surface area contributed by atoms with Crippen molar-refractivity contribution in [2.45, 2.75) is 24.5 Å². The monoisotopic (exact) mass is 472 g/mol. The number of hydrogen-bond donors (Lipinski definition) is 3. The maximum atomic E-state index is 13.6. The Morgan fingerprint density at radius 1 is 1.15 bits per heavy atom. The number of esters is 1. The molecule has 1 aromatic carbocycles. The van der Waals surface area contributed by atoms with Crippen LogP contribution in [0.5, 0.6) is 5.75 Å². The van der Waals surface area contributed by atoms with E-state index in [0.717, 1.165) is 7.11 Å². The van der Waals surface area contributed by atoms with E-state index in [1.54, 1.807) is 0 Å². The molecule has 0 radical (unpaired) electrons. The number of primary amides is 1. The summed E-state index contributed by atoms with van der Waals surface area (Å²) in [5.74, 6) is -12.3. The lowest BCUT2D eigenvalue weighted by atomic mass is 9.52. The number of aromatic hydroxyl groups is 1. The van der Waals surface area contributed by atoms with Crippen LogP contribution in [0.1, 0.15) is 32.7 Å². The average molecular weight is 472 g/mol. The standard InChI is InChI=1S/C23H24N2O9/c1-25(2)15-11-7-9-6-8-4-5-10(22(32)34-3)16(26)12(8)17(27)13(9)19(29)23(11,33)20(30)14(18(15)28)21(24)31/h4-5,9,11,13-15,26,33H,6-7H2,1-3H3,(H2,24,31)/t9-,11-,13?,14?,15-,23-/m0/s1. The Hall–Kier alpha value is -3.44. The smallest absolute Gasteiger partial charge is 0.341 e. The summed E-state index contributed by atoms with van der Waals surface area (Å²) in [7, 11) is 4.13. The molecule has 11 heteroatoms. The number of aliphatic hydroxyl groups is 1. The largest absolute Gasteiger partial charge is 0.506 e.